The first kappa shape index (κ1) is 12.5. The molecule has 0 radical (unpaired) electrons. The van der Waals surface area contributed by atoms with E-state index in [-0.39, 0.29) is 5.54 Å². The molecule has 2 aromatic rings. The number of benzene rings is 2. The van der Waals surface area contributed by atoms with Crippen molar-refractivity contribution < 1.29 is 0 Å². The van der Waals surface area contributed by atoms with Gasteiger partial charge in [0.1, 0.15) is 0 Å². The topological polar surface area (TPSA) is 29.3 Å². The Kier molecular flexibility index (Phi) is 3.28. The van der Waals surface area contributed by atoms with Crippen molar-refractivity contribution in [3.8, 4) is 0 Å². The molecule has 0 atom stereocenters. The van der Waals surface area contributed by atoms with Gasteiger partial charge in [-0.25, -0.2) is 0 Å². The molecule has 0 aliphatic carbocycles. The normalized spacial score (nSPS) is 11.3. The van der Waals surface area contributed by atoms with Crippen LogP contribution in [-0.2, 0) is 0 Å². The lowest BCUT2D eigenvalue weighted by atomic mass is 10.0. The zero-order chi connectivity index (χ0) is 13.2. The molecule has 2 N–H and O–H groups in total. The van der Waals surface area contributed by atoms with E-state index < -0.39 is 0 Å². The van der Waals surface area contributed by atoms with Gasteiger partial charge in [0.05, 0.1) is 11.4 Å². The first-order valence-corrected chi connectivity index (χ1v) is 6.20. The third-order valence-electron chi connectivity index (χ3n) is 2.86. The van der Waals surface area contributed by atoms with Crippen molar-refractivity contribution in [2.75, 3.05) is 10.6 Å². The molecule has 0 heterocycles. The Labute approximate surface area is 109 Å². The van der Waals surface area contributed by atoms with Gasteiger partial charge >= 0.3 is 0 Å². The molecule has 0 aliphatic rings. The SMILES string of the molecule is CC(C)(C)N(c1ccccc1)c1ccccc1N. The number of anilines is 3. The molecular weight excluding hydrogens is 220 g/mol. The Morgan fingerprint density at radius 2 is 1.39 bits per heavy atom. The van der Waals surface area contributed by atoms with E-state index in [4.69, 9.17) is 5.73 Å². The van der Waals surface area contributed by atoms with Crippen LogP contribution in [0.1, 0.15) is 20.8 Å². The van der Waals surface area contributed by atoms with Crippen molar-refractivity contribution in [1.82, 2.24) is 0 Å². The standard InChI is InChI=1S/C16H20N2/c1-16(2,3)18(13-9-5-4-6-10-13)15-12-8-7-11-14(15)17/h4-12H,17H2,1-3H3. The number of nitrogens with two attached hydrogens (primary N) is 1. The quantitative estimate of drug-likeness (QED) is 0.797. The highest BCUT2D eigenvalue weighted by Crippen LogP contribution is 2.36. The molecule has 0 saturated heterocycles. The van der Waals surface area contributed by atoms with Gasteiger partial charge in [-0.2, -0.15) is 0 Å². The summed E-state index contributed by atoms with van der Waals surface area (Å²) in [6.45, 7) is 6.56. The number of hydrogen-bond acceptors (Lipinski definition) is 2. The smallest absolute Gasteiger partial charge is 0.0649 e. The molecule has 0 aromatic heterocycles. The van der Waals surface area contributed by atoms with Crippen molar-refractivity contribution in [1.29, 1.82) is 0 Å². The summed E-state index contributed by atoms with van der Waals surface area (Å²) in [5, 5.41) is 0. The predicted octanol–water partition coefficient (Wildman–Crippen LogP) is 4.21. The molecule has 0 saturated carbocycles. The van der Waals surface area contributed by atoms with E-state index in [2.05, 4.69) is 43.9 Å². The minimum Gasteiger partial charge on any atom is -0.397 e. The Balaban J connectivity index is 2.55. The maximum atomic E-state index is 6.11. The summed E-state index contributed by atoms with van der Waals surface area (Å²) in [5.74, 6) is 0. The highest BCUT2D eigenvalue weighted by molar-refractivity contribution is 5.76. The molecule has 2 heteroatoms. The van der Waals surface area contributed by atoms with Gasteiger partial charge in [-0.05, 0) is 45.0 Å². The van der Waals surface area contributed by atoms with Crippen LogP contribution in [0.25, 0.3) is 0 Å². The van der Waals surface area contributed by atoms with Crippen LogP contribution in [0.3, 0.4) is 0 Å². The highest BCUT2D eigenvalue weighted by atomic mass is 15.2. The van der Waals surface area contributed by atoms with E-state index in [0.29, 0.717) is 0 Å². The summed E-state index contributed by atoms with van der Waals surface area (Å²) < 4.78 is 0. The van der Waals surface area contributed by atoms with Crippen LogP contribution in [0.15, 0.2) is 54.6 Å². The van der Waals surface area contributed by atoms with Crippen LogP contribution in [-0.4, -0.2) is 5.54 Å². The van der Waals surface area contributed by atoms with E-state index in [1.54, 1.807) is 0 Å². The van der Waals surface area contributed by atoms with E-state index in [0.717, 1.165) is 17.1 Å². The molecule has 0 aliphatic heterocycles. The van der Waals surface area contributed by atoms with Gasteiger partial charge in [0, 0.05) is 11.2 Å². The van der Waals surface area contributed by atoms with E-state index in [1.807, 2.05) is 36.4 Å². The Hall–Kier alpha value is -1.96. The molecule has 2 aromatic carbocycles. The third-order valence-corrected chi connectivity index (χ3v) is 2.86. The number of nitrogens with zero attached hydrogens (tertiary/aromatic N) is 1. The summed E-state index contributed by atoms with van der Waals surface area (Å²) in [6, 6.07) is 18.3. The molecule has 18 heavy (non-hydrogen) atoms. The summed E-state index contributed by atoms with van der Waals surface area (Å²) in [4.78, 5) is 2.27. The minimum absolute atomic E-state index is 0.0309. The number of para-hydroxylation sites is 3. The molecule has 0 bridgehead atoms. The van der Waals surface area contributed by atoms with Crippen molar-refractivity contribution in [2.24, 2.45) is 0 Å². The van der Waals surface area contributed by atoms with Gasteiger partial charge in [-0.1, -0.05) is 30.3 Å². The lowest BCUT2D eigenvalue weighted by molar-refractivity contribution is 0.561. The number of hydrogen-bond donors (Lipinski definition) is 1. The van der Waals surface area contributed by atoms with Gasteiger partial charge < -0.3 is 10.6 Å². The number of nitrogen functional groups attached to an aromatic ring is 1. The molecule has 0 unspecified atom stereocenters. The molecule has 94 valence electrons. The molecule has 2 rings (SSSR count). The molecule has 0 amide bonds. The molecule has 0 spiro atoms. The van der Waals surface area contributed by atoms with Crippen LogP contribution in [0.5, 0.6) is 0 Å². The first-order chi connectivity index (χ1) is 8.50. The lowest BCUT2D eigenvalue weighted by Crippen LogP contribution is -2.37. The maximum Gasteiger partial charge on any atom is 0.0649 e. The Morgan fingerprint density at radius 1 is 0.833 bits per heavy atom. The van der Waals surface area contributed by atoms with Crippen LogP contribution in [0.2, 0.25) is 0 Å². The van der Waals surface area contributed by atoms with Crippen LogP contribution in [0, 0.1) is 0 Å². The fourth-order valence-corrected chi connectivity index (χ4v) is 2.16. The van der Waals surface area contributed by atoms with E-state index >= 15 is 0 Å². The monoisotopic (exact) mass is 240 g/mol. The van der Waals surface area contributed by atoms with Crippen molar-refractivity contribution >= 4 is 17.1 Å². The highest BCUT2D eigenvalue weighted by Gasteiger charge is 2.24. The van der Waals surface area contributed by atoms with Crippen LogP contribution in [0.4, 0.5) is 17.1 Å². The van der Waals surface area contributed by atoms with Gasteiger partial charge in [0.2, 0.25) is 0 Å². The third kappa shape index (κ3) is 2.48. The van der Waals surface area contributed by atoms with Gasteiger partial charge in [0.25, 0.3) is 0 Å². The fourth-order valence-electron chi connectivity index (χ4n) is 2.16. The van der Waals surface area contributed by atoms with Crippen LogP contribution < -0.4 is 10.6 Å². The van der Waals surface area contributed by atoms with E-state index in [1.165, 1.54) is 0 Å². The van der Waals surface area contributed by atoms with Crippen molar-refractivity contribution in [3.63, 3.8) is 0 Å². The van der Waals surface area contributed by atoms with E-state index in [9.17, 15) is 0 Å². The van der Waals surface area contributed by atoms with Crippen molar-refractivity contribution in [3.05, 3.63) is 54.6 Å². The van der Waals surface area contributed by atoms with Crippen LogP contribution >= 0.6 is 0 Å². The average Bonchev–Trinajstić information content (AvgIpc) is 2.32. The second-order valence-electron chi connectivity index (χ2n) is 5.40. The second-order valence-corrected chi connectivity index (χ2v) is 5.40. The largest absolute Gasteiger partial charge is 0.397 e. The zero-order valence-electron chi connectivity index (χ0n) is 11.2. The van der Waals surface area contributed by atoms with Gasteiger partial charge in [0.15, 0.2) is 0 Å². The summed E-state index contributed by atoms with van der Waals surface area (Å²) >= 11 is 0. The summed E-state index contributed by atoms with van der Waals surface area (Å²) in [6.07, 6.45) is 0. The Morgan fingerprint density at radius 3 is 1.94 bits per heavy atom. The first-order valence-electron chi connectivity index (χ1n) is 6.20. The maximum absolute atomic E-state index is 6.11. The minimum atomic E-state index is -0.0309. The summed E-state index contributed by atoms with van der Waals surface area (Å²) in [5.41, 5.74) is 9.09. The molecular formula is C16H20N2. The summed E-state index contributed by atoms with van der Waals surface area (Å²) in [7, 11) is 0. The molecule has 2 nitrogen and oxygen atoms in total. The average molecular weight is 240 g/mol. The fraction of sp³-hybridized carbons (Fsp3) is 0.250. The van der Waals surface area contributed by atoms with Gasteiger partial charge in [-0.15, -0.1) is 0 Å². The zero-order valence-corrected chi connectivity index (χ0v) is 11.2. The second kappa shape index (κ2) is 4.73. The molecule has 0 fully saturated rings. The predicted molar refractivity (Wildman–Crippen MR) is 79.2 cm³/mol. The number of rotatable bonds is 2. The van der Waals surface area contributed by atoms with Crippen molar-refractivity contribution in [2.45, 2.75) is 26.3 Å². The van der Waals surface area contributed by atoms with Gasteiger partial charge in [-0.3, -0.25) is 0 Å². The Bertz CT molecular complexity index is 512. The lowest BCUT2D eigenvalue weighted by Gasteiger charge is -2.38.